The Bertz CT molecular complexity index is 729. The maximum Gasteiger partial charge on any atom is 0.325 e. The number of rotatable bonds is 3. The standard InChI is InChI=1S/C17H20N4O2S/c1-10(2)9-21-13-14(20(4)16(23)19-15(13)22)18-17(21)24-12-7-5-11(3)6-8-12/h5-8,13-14H,1,9H2,2-4H3,(H,19,22,23). The number of nitrogens with one attached hydrogen (secondary N) is 1. The first-order valence-electron chi connectivity index (χ1n) is 7.68. The number of benzene rings is 1. The number of fused-ring (bicyclic) bond motifs is 1. The van der Waals surface area contributed by atoms with Crippen LogP contribution in [0.4, 0.5) is 4.79 Å². The van der Waals surface area contributed by atoms with E-state index in [-0.39, 0.29) is 5.91 Å². The molecule has 0 aliphatic carbocycles. The van der Waals surface area contributed by atoms with Crippen molar-refractivity contribution < 1.29 is 9.59 Å². The van der Waals surface area contributed by atoms with Gasteiger partial charge in [0.25, 0.3) is 5.91 Å². The quantitative estimate of drug-likeness (QED) is 0.854. The Hall–Kier alpha value is -2.28. The van der Waals surface area contributed by atoms with Gasteiger partial charge in [0.1, 0.15) is 0 Å². The largest absolute Gasteiger partial charge is 0.331 e. The second kappa shape index (κ2) is 6.32. The highest BCUT2D eigenvalue weighted by Gasteiger charge is 2.48. The van der Waals surface area contributed by atoms with Crippen molar-refractivity contribution in [2.24, 2.45) is 4.99 Å². The molecule has 7 heteroatoms. The number of aryl methyl sites for hydroxylation is 1. The van der Waals surface area contributed by atoms with Crippen molar-refractivity contribution in [3.05, 3.63) is 42.0 Å². The molecular weight excluding hydrogens is 324 g/mol. The van der Waals surface area contributed by atoms with Crippen LogP contribution in [0.3, 0.4) is 0 Å². The maximum atomic E-state index is 12.4. The van der Waals surface area contributed by atoms with E-state index in [4.69, 9.17) is 0 Å². The Morgan fingerprint density at radius 1 is 1.33 bits per heavy atom. The minimum atomic E-state index is -0.516. The fourth-order valence-electron chi connectivity index (χ4n) is 2.75. The Labute approximate surface area is 145 Å². The van der Waals surface area contributed by atoms with Gasteiger partial charge in [0, 0.05) is 18.5 Å². The van der Waals surface area contributed by atoms with Crippen molar-refractivity contribution in [3.63, 3.8) is 0 Å². The van der Waals surface area contributed by atoms with Crippen molar-refractivity contribution in [2.45, 2.75) is 31.0 Å². The molecule has 3 rings (SSSR count). The Kier molecular flexibility index (Phi) is 4.36. The van der Waals surface area contributed by atoms with Crippen LogP contribution in [-0.2, 0) is 4.79 Å². The lowest BCUT2D eigenvalue weighted by atomic mass is 10.1. The van der Waals surface area contributed by atoms with Gasteiger partial charge in [-0.25, -0.2) is 9.79 Å². The van der Waals surface area contributed by atoms with Crippen molar-refractivity contribution in [2.75, 3.05) is 13.6 Å². The minimum Gasteiger partial charge on any atom is -0.331 e. The summed E-state index contributed by atoms with van der Waals surface area (Å²) in [6.07, 6.45) is -0.501. The summed E-state index contributed by atoms with van der Waals surface area (Å²) >= 11 is 1.50. The van der Waals surface area contributed by atoms with Crippen LogP contribution in [0.5, 0.6) is 0 Å². The van der Waals surface area contributed by atoms with Gasteiger partial charge < -0.3 is 9.80 Å². The number of carbonyl (C=O) groups excluding carboxylic acids is 2. The van der Waals surface area contributed by atoms with E-state index in [1.807, 2.05) is 43.0 Å². The second-order valence-corrected chi connectivity index (χ2v) is 7.22. The molecule has 0 bridgehead atoms. The topological polar surface area (TPSA) is 65.0 Å². The average Bonchev–Trinajstić information content (AvgIpc) is 2.86. The third-order valence-corrected chi connectivity index (χ3v) is 5.02. The molecule has 0 radical (unpaired) electrons. The highest BCUT2D eigenvalue weighted by atomic mass is 32.2. The molecule has 2 aliphatic rings. The normalized spacial score (nSPS) is 23.0. The lowest BCUT2D eigenvalue weighted by Gasteiger charge is -2.36. The summed E-state index contributed by atoms with van der Waals surface area (Å²) in [6, 6.07) is 7.20. The SMILES string of the molecule is C=C(C)CN1C(Sc2ccc(C)cc2)=NC2C1C(=O)NC(=O)N2C. The maximum absolute atomic E-state index is 12.4. The zero-order chi connectivity index (χ0) is 17.4. The van der Waals surface area contributed by atoms with Gasteiger partial charge in [-0.3, -0.25) is 10.1 Å². The molecular formula is C17H20N4O2S. The number of carbonyl (C=O) groups is 2. The van der Waals surface area contributed by atoms with E-state index in [1.54, 1.807) is 7.05 Å². The molecule has 6 nitrogen and oxygen atoms in total. The third kappa shape index (κ3) is 3.03. The molecule has 2 aliphatic heterocycles. The van der Waals surface area contributed by atoms with Crippen LogP contribution in [-0.4, -0.2) is 52.7 Å². The van der Waals surface area contributed by atoms with E-state index in [0.29, 0.717) is 6.54 Å². The Morgan fingerprint density at radius 2 is 2.00 bits per heavy atom. The molecule has 1 aromatic carbocycles. The van der Waals surface area contributed by atoms with Crippen molar-refractivity contribution >= 4 is 28.9 Å². The second-order valence-electron chi connectivity index (χ2n) is 6.18. The average molecular weight is 344 g/mol. The third-order valence-electron chi connectivity index (χ3n) is 3.99. The first-order chi connectivity index (χ1) is 11.4. The molecule has 1 N–H and O–H groups in total. The molecule has 1 aromatic rings. The molecule has 3 amide bonds. The molecule has 2 atom stereocenters. The Morgan fingerprint density at radius 3 is 2.62 bits per heavy atom. The first kappa shape index (κ1) is 16.6. The monoisotopic (exact) mass is 344 g/mol. The van der Waals surface area contributed by atoms with Crippen molar-refractivity contribution in [1.29, 1.82) is 0 Å². The van der Waals surface area contributed by atoms with Crippen LogP contribution in [0.15, 0.2) is 46.3 Å². The van der Waals surface area contributed by atoms with E-state index in [9.17, 15) is 9.59 Å². The molecule has 24 heavy (non-hydrogen) atoms. The van der Waals surface area contributed by atoms with Gasteiger partial charge in [0.15, 0.2) is 17.4 Å². The number of hydrogen-bond donors (Lipinski definition) is 1. The predicted molar refractivity (Wildman–Crippen MR) is 94.9 cm³/mol. The molecule has 2 heterocycles. The van der Waals surface area contributed by atoms with Crippen LogP contribution in [0.1, 0.15) is 12.5 Å². The number of aliphatic imine (C=N–C) groups is 1. The summed E-state index contributed by atoms with van der Waals surface area (Å²) in [7, 11) is 1.65. The first-order valence-corrected chi connectivity index (χ1v) is 8.49. The van der Waals surface area contributed by atoms with Crippen molar-refractivity contribution in [1.82, 2.24) is 15.1 Å². The van der Waals surface area contributed by atoms with Gasteiger partial charge >= 0.3 is 6.03 Å². The summed E-state index contributed by atoms with van der Waals surface area (Å²) < 4.78 is 0. The van der Waals surface area contributed by atoms with Gasteiger partial charge in [-0.2, -0.15) is 0 Å². The number of thioether (sulfide) groups is 1. The molecule has 1 saturated heterocycles. The highest BCUT2D eigenvalue weighted by Crippen LogP contribution is 2.32. The van der Waals surface area contributed by atoms with E-state index < -0.39 is 18.2 Å². The summed E-state index contributed by atoms with van der Waals surface area (Å²) in [4.78, 5) is 33.3. The van der Waals surface area contributed by atoms with Gasteiger partial charge in [-0.15, -0.1) is 0 Å². The van der Waals surface area contributed by atoms with Crippen molar-refractivity contribution in [3.8, 4) is 0 Å². The van der Waals surface area contributed by atoms with E-state index in [1.165, 1.54) is 22.2 Å². The number of imide groups is 1. The van der Waals surface area contributed by atoms with E-state index in [2.05, 4.69) is 16.9 Å². The van der Waals surface area contributed by atoms with E-state index >= 15 is 0 Å². The number of urea groups is 1. The number of nitrogens with zero attached hydrogens (tertiary/aromatic N) is 3. The molecule has 0 saturated carbocycles. The summed E-state index contributed by atoms with van der Waals surface area (Å²) in [5.74, 6) is -0.312. The van der Waals surface area contributed by atoms with Gasteiger partial charge in [-0.1, -0.05) is 41.6 Å². The number of hydrogen-bond acceptors (Lipinski definition) is 5. The smallest absolute Gasteiger partial charge is 0.325 e. The summed E-state index contributed by atoms with van der Waals surface area (Å²) in [5, 5.41) is 3.12. The molecule has 1 fully saturated rings. The highest BCUT2D eigenvalue weighted by molar-refractivity contribution is 8.13. The predicted octanol–water partition coefficient (Wildman–Crippen LogP) is 2.21. The van der Waals surface area contributed by atoms with Crippen LogP contribution in [0, 0.1) is 6.92 Å². The lowest BCUT2D eigenvalue weighted by molar-refractivity contribution is -0.126. The number of amides is 3. The van der Waals surface area contributed by atoms with Gasteiger partial charge in [0.2, 0.25) is 0 Å². The van der Waals surface area contributed by atoms with Gasteiger partial charge in [0.05, 0.1) is 0 Å². The molecule has 0 spiro atoms. The molecule has 2 unspecified atom stereocenters. The Balaban J connectivity index is 1.92. The van der Waals surface area contributed by atoms with E-state index in [0.717, 1.165) is 15.6 Å². The summed E-state index contributed by atoms with van der Waals surface area (Å²) in [6.45, 7) is 8.42. The minimum absolute atomic E-state index is 0.312. The van der Waals surface area contributed by atoms with Crippen LogP contribution in [0.25, 0.3) is 0 Å². The zero-order valence-corrected chi connectivity index (χ0v) is 14.8. The number of likely N-dealkylation sites (N-methyl/N-ethyl adjacent to an activating group) is 1. The molecule has 0 aromatic heterocycles. The summed E-state index contributed by atoms with van der Waals surface area (Å²) in [5.41, 5.74) is 2.12. The van der Waals surface area contributed by atoms with Crippen LogP contribution >= 0.6 is 11.8 Å². The van der Waals surface area contributed by atoms with Gasteiger partial charge in [-0.05, 0) is 26.0 Å². The fraction of sp³-hybridized carbons (Fsp3) is 0.353. The number of amidine groups is 1. The van der Waals surface area contributed by atoms with Crippen LogP contribution in [0.2, 0.25) is 0 Å². The van der Waals surface area contributed by atoms with Crippen LogP contribution < -0.4 is 5.32 Å². The molecule has 126 valence electrons. The fourth-order valence-corrected chi connectivity index (χ4v) is 3.69. The lowest BCUT2D eigenvalue weighted by Crippen LogP contribution is -2.63. The zero-order valence-electron chi connectivity index (χ0n) is 13.9.